The highest BCUT2D eigenvalue weighted by Crippen LogP contribution is 2.43. The summed E-state index contributed by atoms with van der Waals surface area (Å²) in [5, 5.41) is 9.61. The molecule has 1 aromatic rings. The monoisotopic (exact) mass is 291 g/mol. The zero-order valence-electron chi connectivity index (χ0n) is 13.6. The van der Waals surface area contributed by atoms with Gasteiger partial charge in [-0.05, 0) is 51.3 Å². The van der Waals surface area contributed by atoms with Crippen molar-refractivity contribution in [3.8, 4) is 5.75 Å². The minimum Gasteiger partial charge on any atom is -0.483 e. The molecular weight excluding hydrogens is 266 g/mol. The van der Waals surface area contributed by atoms with E-state index in [1.54, 1.807) is 13.8 Å². The fraction of sp³-hybridized carbons (Fsp3) is 0.588. The molecule has 21 heavy (non-hydrogen) atoms. The lowest BCUT2D eigenvalue weighted by atomic mass is 9.90. The van der Waals surface area contributed by atoms with Gasteiger partial charge in [0.2, 0.25) is 0 Å². The van der Waals surface area contributed by atoms with Crippen molar-refractivity contribution in [2.24, 2.45) is 0 Å². The number of hydrogen-bond acceptors (Lipinski definition) is 3. The van der Waals surface area contributed by atoms with Gasteiger partial charge in [-0.15, -0.1) is 0 Å². The Bertz CT molecular complexity index is 547. The van der Waals surface area contributed by atoms with Crippen LogP contribution >= 0.6 is 0 Å². The molecule has 116 valence electrons. The molecule has 1 aliphatic heterocycles. The van der Waals surface area contributed by atoms with E-state index in [0.29, 0.717) is 6.54 Å². The third kappa shape index (κ3) is 2.59. The average molecular weight is 291 g/mol. The van der Waals surface area contributed by atoms with E-state index in [2.05, 4.69) is 13.8 Å². The fourth-order valence-electron chi connectivity index (χ4n) is 2.80. The van der Waals surface area contributed by atoms with E-state index in [1.165, 1.54) is 0 Å². The smallest absolute Gasteiger partial charge is 0.328 e. The van der Waals surface area contributed by atoms with Gasteiger partial charge in [-0.25, -0.2) is 4.79 Å². The Kier molecular flexibility index (Phi) is 3.91. The average Bonchev–Trinajstić information content (AvgIpc) is 2.45. The van der Waals surface area contributed by atoms with E-state index in [4.69, 9.17) is 4.74 Å². The summed E-state index contributed by atoms with van der Waals surface area (Å²) in [5.41, 5.74) is 0.687. The number of ether oxygens (including phenoxy) is 1. The molecule has 4 nitrogen and oxygen atoms in total. The van der Waals surface area contributed by atoms with Gasteiger partial charge in [-0.3, -0.25) is 0 Å². The standard InChI is InChI=1S/C17H25NO3/c1-6-17(7-2)11-18(16(4,5)15(19)20)13-9-8-12(3)10-14(13)21-17/h8-10H,6-7,11H2,1-5H3,(H,19,20). The first-order valence-corrected chi connectivity index (χ1v) is 7.56. The summed E-state index contributed by atoms with van der Waals surface area (Å²) < 4.78 is 6.27. The zero-order valence-corrected chi connectivity index (χ0v) is 13.6. The highest BCUT2D eigenvalue weighted by atomic mass is 16.5. The number of aliphatic carboxylic acids is 1. The minimum atomic E-state index is -0.969. The molecule has 1 heterocycles. The fourth-order valence-corrected chi connectivity index (χ4v) is 2.80. The minimum absolute atomic E-state index is 0.326. The second kappa shape index (κ2) is 5.24. The number of fused-ring (bicyclic) bond motifs is 1. The van der Waals surface area contributed by atoms with Crippen LogP contribution in [0.3, 0.4) is 0 Å². The van der Waals surface area contributed by atoms with Gasteiger partial charge in [-0.2, -0.15) is 0 Å². The summed E-state index contributed by atoms with van der Waals surface area (Å²) in [6.07, 6.45) is 1.70. The van der Waals surface area contributed by atoms with Crippen molar-refractivity contribution in [1.29, 1.82) is 0 Å². The van der Waals surface area contributed by atoms with Crippen LogP contribution in [0.1, 0.15) is 46.1 Å². The molecule has 0 bridgehead atoms. The van der Waals surface area contributed by atoms with E-state index < -0.39 is 11.5 Å². The van der Waals surface area contributed by atoms with E-state index in [0.717, 1.165) is 29.8 Å². The Morgan fingerprint density at radius 1 is 1.38 bits per heavy atom. The van der Waals surface area contributed by atoms with Crippen LogP contribution in [0.2, 0.25) is 0 Å². The molecule has 0 spiro atoms. The van der Waals surface area contributed by atoms with E-state index in [9.17, 15) is 9.90 Å². The summed E-state index contributed by atoms with van der Waals surface area (Å²) in [7, 11) is 0. The van der Waals surface area contributed by atoms with Crippen LogP contribution in [-0.2, 0) is 4.79 Å². The number of hydrogen-bond donors (Lipinski definition) is 1. The molecule has 1 N–H and O–H groups in total. The lowest BCUT2D eigenvalue weighted by Crippen LogP contribution is -2.60. The van der Waals surface area contributed by atoms with Crippen LogP contribution in [0.25, 0.3) is 0 Å². The topological polar surface area (TPSA) is 49.8 Å². The van der Waals surface area contributed by atoms with Gasteiger partial charge in [0.15, 0.2) is 0 Å². The second-order valence-corrected chi connectivity index (χ2v) is 6.41. The molecule has 0 aromatic heterocycles. The van der Waals surface area contributed by atoms with Crippen molar-refractivity contribution >= 4 is 11.7 Å². The highest BCUT2D eigenvalue weighted by molar-refractivity contribution is 5.84. The van der Waals surface area contributed by atoms with Crippen molar-refractivity contribution in [2.75, 3.05) is 11.4 Å². The molecule has 1 aromatic carbocycles. The van der Waals surface area contributed by atoms with Crippen molar-refractivity contribution in [1.82, 2.24) is 0 Å². The van der Waals surface area contributed by atoms with Crippen molar-refractivity contribution < 1.29 is 14.6 Å². The molecule has 2 rings (SSSR count). The van der Waals surface area contributed by atoms with Crippen LogP contribution in [0.4, 0.5) is 5.69 Å². The van der Waals surface area contributed by atoms with Gasteiger partial charge >= 0.3 is 5.97 Å². The molecule has 0 atom stereocenters. The summed E-state index contributed by atoms with van der Waals surface area (Å²) in [6.45, 7) is 10.3. The van der Waals surface area contributed by atoms with Gasteiger partial charge < -0.3 is 14.7 Å². The first kappa shape index (κ1) is 15.7. The van der Waals surface area contributed by atoms with Gasteiger partial charge in [0.05, 0.1) is 12.2 Å². The largest absolute Gasteiger partial charge is 0.483 e. The number of aryl methyl sites for hydroxylation is 1. The SMILES string of the molecule is CCC1(CC)CN(C(C)(C)C(=O)O)c2ccc(C)cc2O1. The Labute approximate surface area is 126 Å². The van der Waals surface area contributed by atoms with E-state index in [-0.39, 0.29) is 5.60 Å². The number of nitrogens with zero attached hydrogens (tertiary/aromatic N) is 1. The maximum Gasteiger partial charge on any atom is 0.328 e. The van der Waals surface area contributed by atoms with E-state index in [1.807, 2.05) is 30.0 Å². The maximum absolute atomic E-state index is 11.7. The third-order valence-electron chi connectivity index (χ3n) is 4.67. The van der Waals surface area contributed by atoms with Crippen molar-refractivity contribution in [2.45, 2.75) is 58.6 Å². The predicted molar refractivity (Wildman–Crippen MR) is 84.2 cm³/mol. The molecule has 4 heteroatoms. The lowest BCUT2D eigenvalue weighted by molar-refractivity contribution is -0.142. The molecule has 0 aliphatic carbocycles. The molecule has 0 fully saturated rings. The number of rotatable bonds is 4. The first-order valence-electron chi connectivity index (χ1n) is 7.56. The number of carbonyl (C=O) groups is 1. The van der Waals surface area contributed by atoms with E-state index >= 15 is 0 Å². The summed E-state index contributed by atoms with van der Waals surface area (Å²) in [6, 6.07) is 5.96. The molecule has 1 aliphatic rings. The highest BCUT2D eigenvalue weighted by Gasteiger charge is 2.45. The zero-order chi connectivity index (χ0) is 15.8. The number of carboxylic acid groups (broad SMARTS) is 1. The van der Waals surface area contributed by atoms with Gasteiger partial charge in [0, 0.05) is 0 Å². The van der Waals surface area contributed by atoms with Crippen molar-refractivity contribution in [3.05, 3.63) is 23.8 Å². The molecule has 0 saturated heterocycles. The molecule has 0 amide bonds. The van der Waals surface area contributed by atoms with Crippen LogP contribution in [-0.4, -0.2) is 28.8 Å². The Morgan fingerprint density at radius 3 is 2.52 bits per heavy atom. The normalized spacial score (nSPS) is 17.1. The maximum atomic E-state index is 11.7. The van der Waals surface area contributed by atoms with Crippen molar-refractivity contribution in [3.63, 3.8) is 0 Å². The van der Waals surface area contributed by atoms with Gasteiger partial charge in [0.1, 0.15) is 16.9 Å². The first-order chi connectivity index (χ1) is 9.75. The Hall–Kier alpha value is -1.71. The van der Waals surface area contributed by atoms with Crippen LogP contribution in [0.5, 0.6) is 5.75 Å². The summed E-state index contributed by atoms with van der Waals surface area (Å²) >= 11 is 0. The van der Waals surface area contributed by atoms with Crippen LogP contribution < -0.4 is 9.64 Å². The Balaban J connectivity index is 2.57. The number of benzene rings is 1. The summed E-state index contributed by atoms with van der Waals surface area (Å²) in [4.78, 5) is 13.7. The molecule has 0 radical (unpaired) electrons. The van der Waals surface area contributed by atoms with Gasteiger partial charge in [0.25, 0.3) is 0 Å². The lowest BCUT2D eigenvalue weighted by Gasteiger charge is -2.49. The molecule has 0 unspecified atom stereocenters. The summed E-state index contributed by atoms with van der Waals surface area (Å²) in [5.74, 6) is -0.0312. The Morgan fingerprint density at radius 2 is 2.00 bits per heavy atom. The predicted octanol–water partition coefficient (Wildman–Crippen LogP) is 3.62. The second-order valence-electron chi connectivity index (χ2n) is 6.41. The number of anilines is 1. The van der Waals surface area contributed by atoms with Crippen LogP contribution in [0, 0.1) is 6.92 Å². The number of carboxylic acids is 1. The third-order valence-corrected chi connectivity index (χ3v) is 4.67. The van der Waals surface area contributed by atoms with Gasteiger partial charge in [-0.1, -0.05) is 19.9 Å². The quantitative estimate of drug-likeness (QED) is 0.920. The molecule has 0 saturated carbocycles. The molecular formula is C17H25NO3. The van der Waals surface area contributed by atoms with Crippen LogP contribution in [0.15, 0.2) is 18.2 Å².